The van der Waals surface area contributed by atoms with Crippen LogP contribution < -0.4 is 20.1 Å². The van der Waals surface area contributed by atoms with Gasteiger partial charge in [-0.05, 0) is 65.3 Å². The van der Waals surface area contributed by atoms with Crippen molar-refractivity contribution in [1.82, 2.24) is 10.6 Å². The maximum absolute atomic E-state index is 11.9. The molecule has 1 aromatic carbocycles. The SMILES string of the molecule is CCCOc1c(Br)cc(C=C2C(=O)NC(=S)NC2=O)cc1OCC. The second kappa shape index (κ2) is 8.25. The Labute approximate surface area is 153 Å². The summed E-state index contributed by atoms with van der Waals surface area (Å²) in [6, 6.07) is 3.48. The van der Waals surface area contributed by atoms with Crippen molar-refractivity contribution in [2.45, 2.75) is 20.3 Å². The van der Waals surface area contributed by atoms with Gasteiger partial charge in [-0.25, -0.2) is 0 Å². The molecule has 24 heavy (non-hydrogen) atoms. The Balaban J connectivity index is 2.40. The number of hydrogen-bond acceptors (Lipinski definition) is 5. The Morgan fingerprint density at radius 2 is 1.83 bits per heavy atom. The minimum atomic E-state index is -0.538. The number of amides is 2. The van der Waals surface area contributed by atoms with Crippen molar-refractivity contribution >= 4 is 51.2 Å². The maximum atomic E-state index is 11.9. The van der Waals surface area contributed by atoms with E-state index in [2.05, 4.69) is 26.6 Å². The largest absolute Gasteiger partial charge is 0.490 e. The summed E-state index contributed by atoms with van der Waals surface area (Å²) in [6.07, 6.45) is 2.34. The third-order valence-corrected chi connectivity index (χ3v) is 3.83. The zero-order valence-corrected chi connectivity index (χ0v) is 15.7. The third kappa shape index (κ3) is 4.33. The molecule has 0 saturated carbocycles. The Morgan fingerprint density at radius 1 is 1.17 bits per heavy atom. The molecule has 0 spiro atoms. The Kier molecular flexibility index (Phi) is 6.33. The van der Waals surface area contributed by atoms with Crippen LogP contribution in [-0.4, -0.2) is 30.1 Å². The fourth-order valence-corrected chi connectivity index (χ4v) is 2.81. The monoisotopic (exact) mass is 412 g/mol. The molecule has 2 amide bonds. The smallest absolute Gasteiger partial charge is 0.263 e. The number of halogens is 1. The van der Waals surface area contributed by atoms with Crippen LogP contribution in [-0.2, 0) is 9.59 Å². The highest BCUT2D eigenvalue weighted by Gasteiger charge is 2.26. The van der Waals surface area contributed by atoms with Gasteiger partial charge in [0.1, 0.15) is 5.57 Å². The first kappa shape index (κ1) is 18.4. The maximum Gasteiger partial charge on any atom is 0.263 e. The quantitative estimate of drug-likeness (QED) is 0.426. The molecule has 0 radical (unpaired) electrons. The molecular formula is C16H17BrN2O4S. The molecule has 6 nitrogen and oxygen atoms in total. The summed E-state index contributed by atoms with van der Waals surface area (Å²) in [7, 11) is 0. The number of carbonyl (C=O) groups is 2. The van der Waals surface area contributed by atoms with Crippen LogP contribution in [0, 0.1) is 0 Å². The second-order valence-electron chi connectivity index (χ2n) is 4.91. The third-order valence-electron chi connectivity index (χ3n) is 3.04. The van der Waals surface area contributed by atoms with Crippen LogP contribution in [0.2, 0.25) is 0 Å². The highest BCUT2D eigenvalue weighted by molar-refractivity contribution is 9.10. The molecule has 8 heteroatoms. The van der Waals surface area contributed by atoms with E-state index >= 15 is 0 Å². The van der Waals surface area contributed by atoms with Gasteiger partial charge in [0.2, 0.25) is 0 Å². The molecule has 0 aromatic heterocycles. The van der Waals surface area contributed by atoms with Crippen molar-refractivity contribution in [3.63, 3.8) is 0 Å². The van der Waals surface area contributed by atoms with Crippen LogP contribution in [0.15, 0.2) is 22.2 Å². The second-order valence-corrected chi connectivity index (χ2v) is 6.17. The molecule has 128 valence electrons. The van der Waals surface area contributed by atoms with Crippen LogP contribution in [0.1, 0.15) is 25.8 Å². The van der Waals surface area contributed by atoms with Gasteiger partial charge >= 0.3 is 0 Å². The Hall–Kier alpha value is -1.93. The van der Waals surface area contributed by atoms with Gasteiger partial charge in [0.15, 0.2) is 16.6 Å². The van der Waals surface area contributed by atoms with E-state index in [9.17, 15) is 9.59 Å². The molecule has 1 aromatic rings. The van der Waals surface area contributed by atoms with Crippen LogP contribution in [0.5, 0.6) is 11.5 Å². The van der Waals surface area contributed by atoms with Crippen LogP contribution in [0.4, 0.5) is 0 Å². The van der Waals surface area contributed by atoms with E-state index in [1.165, 1.54) is 6.08 Å². The van der Waals surface area contributed by atoms with Crippen molar-refractivity contribution in [3.8, 4) is 11.5 Å². The molecule has 1 fully saturated rings. The van der Waals surface area contributed by atoms with Crippen molar-refractivity contribution < 1.29 is 19.1 Å². The summed E-state index contributed by atoms with van der Waals surface area (Å²) >= 11 is 8.22. The average Bonchev–Trinajstić information content (AvgIpc) is 2.50. The summed E-state index contributed by atoms with van der Waals surface area (Å²) in [4.78, 5) is 23.9. The Bertz CT molecular complexity index is 696. The van der Waals surface area contributed by atoms with Gasteiger partial charge in [-0.2, -0.15) is 0 Å². The van der Waals surface area contributed by atoms with Crippen molar-refractivity contribution in [3.05, 3.63) is 27.7 Å². The number of ether oxygens (including phenoxy) is 2. The van der Waals surface area contributed by atoms with Gasteiger partial charge in [0, 0.05) is 0 Å². The minimum Gasteiger partial charge on any atom is -0.490 e. The van der Waals surface area contributed by atoms with Gasteiger partial charge in [-0.15, -0.1) is 0 Å². The predicted octanol–water partition coefficient (Wildman–Crippen LogP) is 2.55. The first-order chi connectivity index (χ1) is 11.5. The molecule has 1 heterocycles. The van der Waals surface area contributed by atoms with E-state index < -0.39 is 11.8 Å². The Morgan fingerprint density at radius 3 is 2.42 bits per heavy atom. The van der Waals surface area contributed by atoms with E-state index in [0.717, 1.165) is 6.42 Å². The van der Waals surface area contributed by atoms with E-state index in [0.29, 0.717) is 34.7 Å². The van der Waals surface area contributed by atoms with Crippen molar-refractivity contribution in [2.24, 2.45) is 0 Å². The van der Waals surface area contributed by atoms with Gasteiger partial charge in [0.05, 0.1) is 17.7 Å². The molecule has 0 aliphatic carbocycles. The predicted molar refractivity (Wildman–Crippen MR) is 98.0 cm³/mol. The summed E-state index contributed by atoms with van der Waals surface area (Å²) in [6.45, 7) is 4.90. The number of benzene rings is 1. The van der Waals surface area contributed by atoms with Gasteiger partial charge < -0.3 is 9.47 Å². The molecule has 1 aliphatic heterocycles. The first-order valence-corrected chi connectivity index (χ1v) is 8.63. The standard InChI is InChI=1S/C16H17BrN2O4S/c1-3-5-23-13-11(17)7-9(8-12(13)22-4-2)6-10-14(20)18-16(24)19-15(10)21/h6-8H,3-5H2,1-2H3,(H2,18,19,20,21,24). The van der Waals surface area contributed by atoms with Crippen molar-refractivity contribution in [1.29, 1.82) is 0 Å². The van der Waals surface area contributed by atoms with E-state index in [-0.39, 0.29) is 10.7 Å². The molecule has 2 N–H and O–H groups in total. The van der Waals surface area contributed by atoms with E-state index in [4.69, 9.17) is 21.7 Å². The molecule has 0 bridgehead atoms. The highest BCUT2D eigenvalue weighted by atomic mass is 79.9. The van der Waals surface area contributed by atoms with Gasteiger partial charge in [-0.3, -0.25) is 20.2 Å². The minimum absolute atomic E-state index is 0.00153. The summed E-state index contributed by atoms with van der Waals surface area (Å²) in [5.41, 5.74) is 0.600. The molecule has 2 rings (SSSR count). The van der Waals surface area contributed by atoms with Gasteiger partial charge in [-0.1, -0.05) is 6.92 Å². The van der Waals surface area contributed by atoms with Crippen LogP contribution in [0.25, 0.3) is 6.08 Å². The lowest BCUT2D eigenvalue weighted by atomic mass is 10.1. The fourth-order valence-electron chi connectivity index (χ4n) is 2.05. The summed E-state index contributed by atoms with van der Waals surface area (Å²) in [5.74, 6) is 0.0622. The molecular weight excluding hydrogens is 396 g/mol. The van der Waals surface area contributed by atoms with Crippen LogP contribution >= 0.6 is 28.1 Å². The van der Waals surface area contributed by atoms with Crippen LogP contribution in [0.3, 0.4) is 0 Å². The molecule has 0 unspecified atom stereocenters. The number of nitrogens with one attached hydrogen (secondary N) is 2. The van der Waals surface area contributed by atoms with Gasteiger partial charge in [0.25, 0.3) is 11.8 Å². The van der Waals surface area contributed by atoms with E-state index in [1.807, 2.05) is 13.8 Å². The molecule has 1 saturated heterocycles. The number of thiocarbonyl (C=S) groups is 1. The molecule has 0 atom stereocenters. The van der Waals surface area contributed by atoms with E-state index in [1.54, 1.807) is 12.1 Å². The first-order valence-electron chi connectivity index (χ1n) is 7.43. The number of hydrogen-bond donors (Lipinski definition) is 2. The normalized spacial score (nSPS) is 14.1. The topological polar surface area (TPSA) is 76.7 Å². The molecule has 1 aliphatic rings. The average molecular weight is 413 g/mol. The lowest BCUT2D eigenvalue weighted by molar-refractivity contribution is -0.123. The highest BCUT2D eigenvalue weighted by Crippen LogP contribution is 2.37. The number of carbonyl (C=O) groups excluding carboxylic acids is 2. The summed E-state index contributed by atoms with van der Waals surface area (Å²) < 4.78 is 12.0. The van der Waals surface area contributed by atoms with Crippen molar-refractivity contribution in [2.75, 3.05) is 13.2 Å². The lowest BCUT2D eigenvalue weighted by Crippen LogP contribution is -2.51. The fraction of sp³-hybridized carbons (Fsp3) is 0.312. The zero-order chi connectivity index (χ0) is 17.7. The lowest BCUT2D eigenvalue weighted by Gasteiger charge is -2.17. The zero-order valence-electron chi connectivity index (χ0n) is 13.3. The number of rotatable bonds is 6. The summed E-state index contributed by atoms with van der Waals surface area (Å²) in [5, 5.41) is 4.80.